The summed E-state index contributed by atoms with van der Waals surface area (Å²) < 4.78 is 0. The molecule has 0 aromatic carbocycles. The molecule has 1 saturated heterocycles. The quantitative estimate of drug-likeness (QED) is 0.662. The lowest BCUT2D eigenvalue weighted by Gasteiger charge is -2.30. The highest BCUT2D eigenvalue weighted by Crippen LogP contribution is 2.37. The fourth-order valence-corrected chi connectivity index (χ4v) is 1.86. The van der Waals surface area contributed by atoms with Crippen molar-refractivity contribution in [2.24, 2.45) is 5.92 Å². The van der Waals surface area contributed by atoms with Crippen LogP contribution in [0.5, 0.6) is 0 Å². The van der Waals surface area contributed by atoms with Crippen molar-refractivity contribution in [3.63, 3.8) is 0 Å². The first-order valence-corrected chi connectivity index (χ1v) is 5.16. The van der Waals surface area contributed by atoms with Gasteiger partial charge in [-0.3, -0.25) is 9.59 Å². The highest BCUT2D eigenvalue weighted by molar-refractivity contribution is 6.01. The van der Waals surface area contributed by atoms with Gasteiger partial charge in [0.2, 0.25) is 11.8 Å². The molecular formula is C10H16N2O2. The lowest BCUT2D eigenvalue weighted by Crippen LogP contribution is -2.63. The number of nitrogens with one attached hydrogen (secondary N) is 2. The second-order valence-electron chi connectivity index (χ2n) is 4.73. The third-order valence-electron chi connectivity index (χ3n) is 2.88. The zero-order valence-corrected chi connectivity index (χ0v) is 8.59. The first-order valence-electron chi connectivity index (χ1n) is 5.16. The Morgan fingerprint density at radius 3 is 2.57 bits per heavy atom. The van der Waals surface area contributed by atoms with E-state index >= 15 is 0 Å². The molecule has 0 aromatic rings. The van der Waals surface area contributed by atoms with Crippen LogP contribution in [-0.4, -0.2) is 23.4 Å². The van der Waals surface area contributed by atoms with Gasteiger partial charge in [-0.05, 0) is 25.2 Å². The molecule has 78 valence electrons. The molecule has 1 atom stereocenters. The fraction of sp³-hybridized carbons (Fsp3) is 0.800. The summed E-state index contributed by atoms with van der Waals surface area (Å²) in [7, 11) is 0. The maximum Gasteiger partial charge on any atom is 0.246 e. The van der Waals surface area contributed by atoms with Crippen molar-refractivity contribution in [1.29, 1.82) is 0 Å². The minimum absolute atomic E-state index is 0.00255. The van der Waals surface area contributed by atoms with Crippen molar-refractivity contribution in [2.45, 2.75) is 44.7 Å². The van der Waals surface area contributed by atoms with E-state index in [9.17, 15) is 9.59 Å². The van der Waals surface area contributed by atoms with Crippen LogP contribution in [0.2, 0.25) is 0 Å². The molecule has 1 heterocycles. The number of hydrogen-bond acceptors (Lipinski definition) is 2. The van der Waals surface area contributed by atoms with Gasteiger partial charge in [0.15, 0.2) is 0 Å². The van der Waals surface area contributed by atoms with Gasteiger partial charge < -0.3 is 10.6 Å². The van der Waals surface area contributed by atoms with E-state index in [2.05, 4.69) is 10.6 Å². The Bertz CT molecular complexity index is 282. The van der Waals surface area contributed by atoms with Crippen LogP contribution in [0.4, 0.5) is 0 Å². The zero-order chi connectivity index (χ0) is 10.3. The van der Waals surface area contributed by atoms with Gasteiger partial charge in [-0.2, -0.15) is 0 Å². The lowest BCUT2D eigenvalue weighted by molar-refractivity contribution is -0.138. The molecular weight excluding hydrogens is 180 g/mol. The first kappa shape index (κ1) is 9.49. The normalized spacial score (nSPS) is 28.9. The van der Waals surface area contributed by atoms with Crippen LogP contribution >= 0.6 is 0 Å². The Kier molecular flexibility index (Phi) is 2.01. The molecule has 2 aliphatic rings. The molecule has 0 radical (unpaired) electrons. The number of carbonyl (C=O) groups excluding carboxylic acids is 2. The van der Waals surface area contributed by atoms with Gasteiger partial charge in [0.05, 0.1) is 0 Å². The molecule has 0 aromatic heterocycles. The summed E-state index contributed by atoms with van der Waals surface area (Å²) in [5.41, 5.74) is -0.523. The second-order valence-corrected chi connectivity index (χ2v) is 4.73. The van der Waals surface area contributed by atoms with Crippen molar-refractivity contribution in [1.82, 2.24) is 10.6 Å². The number of carbonyl (C=O) groups is 2. The molecule has 1 unspecified atom stereocenters. The minimum atomic E-state index is -0.523. The maximum absolute atomic E-state index is 11.6. The Balaban J connectivity index is 2.02. The third kappa shape index (κ3) is 1.49. The monoisotopic (exact) mass is 196 g/mol. The van der Waals surface area contributed by atoms with Crippen molar-refractivity contribution >= 4 is 11.8 Å². The van der Waals surface area contributed by atoms with E-state index in [4.69, 9.17) is 0 Å². The van der Waals surface area contributed by atoms with Crippen LogP contribution < -0.4 is 10.6 Å². The van der Waals surface area contributed by atoms with E-state index in [0.717, 1.165) is 12.8 Å². The molecule has 4 heteroatoms. The van der Waals surface area contributed by atoms with Gasteiger partial charge in [0, 0.05) is 0 Å². The Hall–Kier alpha value is -1.06. The van der Waals surface area contributed by atoms with Crippen molar-refractivity contribution < 1.29 is 9.59 Å². The SMILES string of the molecule is CC(C)CC1NC(=O)C2(CC2)NC1=O. The molecule has 1 aliphatic carbocycles. The molecule has 1 aliphatic heterocycles. The van der Waals surface area contributed by atoms with E-state index in [-0.39, 0.29) is 17.9 Å². The van der Waals surface area contributed by atoms with Gasteiger partial charge in [0.25, 0.3) is 0 Å². The van der Waals surface area contributed by atoms with Crippen LogP contribution in [-0.2, 0) is 9.59 Å². The standard InChI is InChI=1S/C10H16N2O2/c1-6(2)5-7-8(13)12-10(3-4-10)9(14)11-7/h6-7H,3-5H2,1-2H3,(H,11,14)(H,12,13). The Labute approximate surface area is 83.4 Å². The van der Waals surface area contributed by atoms with Crippen molar-refractivity contribution in [2.75, 3.05) is 0 Å². The van der Waals surface area contributed by atoms with Crippen LogP contribution in [0.1, 0.15) is 33.1 Å². The summed E-state index contributed by atoms with van der Waals surface area (Å²) in [4.78, 5) is 23.2. The van der Waals surface area contributed by atoms with E-state index in [1.807, 2.05) is 13.8 Å². The van der Waals surface area contributed by atoms with E-state index in [1.165, 1.54) is 0 Å². The lowest BCUT2D eigenvalue weighted by atomic mass is 9.99. The summed E-state index contributed by atoms with van der Waals surface area (Å²) in [6, 6.07) is -0.325. The Morgan fingerprint density at radius 1 is 1.43 bits per heavy atom. The fourth-order valence-electron chi connectivity index (χ4n) is 1.86. The number of amides is 2. The summed E-state index contributed by atoms with van der Waals surface area (Å²) in [5.74, 6) is 0.401. The summed E-state index contributed by atoms with van der Waals surface area (Å²) >= 11 is 0. The predicted molar refractivity (Wildman–Crippen MR) is 51.5 cm³/mol. The molecule has 2 rings (SSSR count). The van der Waals surface area contributed by atoms with Gasteiger partial charge in [-0.25, -0.2) is 0 Å². The molecule has 4 nitrogen and oxygen atoms in total. The average molecular weight is 196 g/mol. The molecule has 1 spiro atoms. The van der Waals surface area contributed by atoms with Crippen LogP contribution in [0.25, 0.3) is 0 Å². The van der Waals surface area contributed by atoms with Crippen molar-refractivity contribution in [3.05, 3.63) is 0 Å². The van der Waals surface area contributed by atoms with Crippen LogP contribution in [0.15, 0.2) is 0 Å². The summed E-state index contributed by atoms with van der Waals surface area (Å²) in [5, 5.41) is 5.62. The molecule has 2 N–H and O–H groups in total. The minimum Gasteiger partial charge on any atom is -0.342 e. The number of hydrogen-bond donors (Lipinski definition) is 2. The Morgan fingerprint density at radius 2 is 2.07 bits per heavy atom. The third-order valence-corrected chi connectivity index (χ3v) is 2.88. The number of piperazine rings is 1. The van der Waals surface area contributed by atoms with E-state index in [0.29, 0.717) is 12.3 Å². The highest BCUT2D eigenvalue weighted by Gasteiger charge is 2.55. The molecule has 2 amide bonds. The van der Waals surface area contributed by atoms with Gasteiger partial charge in [0.1, 0.15) is 11.6 Å². The van der Waals surface area contributed by atoms with Crippen LogP contribution in [0, 0.1) is 5.92 Å². The topological polar surface area (TPSA) is 58.2 Å². The van der Waals surface area contributed by atoms with E-state index in [1.54, 1.807) is 0 Å². The van der Waals surface area contributed by atoms with Gasteiger partial charge >= 0.3 is 0 Å². The van der Waals surface area contributed by atoms with Crippen molar-refractivity contribution in [3.8, 4) is 0 Å². The highest BCUT2D eigenvalue weighted by atomic mass is 16.2. The zero-order valence-electron chi connectivity index (χ0n) is 8.59. The number of rotatable bonds is 2. The van der Waals surface area contributed by atoms with Gasteiger partial charge in [-0.15, -0.1) is 0 Å². The maximum atomic E-state index is 11.6. The van der Waals surface area contributed by atoms with Crippen LogP contribution in [0.3, 0.4) is 0 Å². The first-order chi connectivity index (χ1) is 6.53. The smallest absolute Gasteiger partial charge is 0.246 e. The average Bonchev–Trinajstić information content (AvgIpc) is 2.81. The molecule has 2 fully saturated rings. The molecule has 0 bridgehead atoms. The summed E-state index contributed by atoms with van der Waals surface area (Å²) in [6.45, 7) is 4.09. The van der Waals surface area contributed by atoms with E-state index < -0.39 is 5.54 Å². The summed E-state index contributed by atoms with van der Waals surface area (Å²) in [6.07, 6.45) is 2.30. The predicted octanol–water partition coefficient (Wildman–Crippen LogP) is 0.180. The second kappa shape index (κ2) is 2.97. The molecule has 1 saturated carbocycles. The van der Waals surface area contributed by atoms with Gasteiger partial charge in [-0.1, -0.05) is 13.8 Å². The largest absolute Gasteiger partial charge is 0.342 e. The molecule has 14 heavy (non-hydrogen) atoms.